The number of hydrogen-bond acceptors (Lipinski definition) is 4. The van der Waals surface area contributed by atoms with Crippen molar-refractivity contribution < 1.29 is 14.3 Å². The number of piperidine rings is 1. The van der Waals surface area contributed by atoms with E-state index in [-0.39, 0.29) is 30.4 Å². The average molecular weight is 350 g/mol. The molecule has 25 heavy (non-hydrogen) atoms. The summed E-state index contributed by atoms with van der Waals surface area (Å²) < 4.78 is 7.09. The Labute approximate surface area is 149 Å². The van der Waals surface area contributed by atoms with Gasteiger partial charge in [-0.2, -0.15) is 5.10 Å². The molecule has 1 aliphatic rings. The summed E-state index contributed by atoms with van der Waals surface area (Å²) >= 11 is 0. The summed E-state index contributed by atoms with van der Waals surface area (Å²) in [5.41, 5.74) is 2.08. The maximum absolute atomic E-state index is 12.5. The van der Waals surface area contributed by atoms with E-state index in [0.717, 1.165) is 11.4 Å². The van der Waals surface area contributed by atoms with Crippen LogP contribution in [0.4, 0.5) is 0 Å². The number of carbonyl (C=O) groups is 2. The number of carbonyl (C=O) groups excluding carboxylic acids is 2. The third-order valence-corrected chi connectivity index (χ3v) is 4.59. The number of rotatable bonds is 7. The van der Waals surface area contributed by atoms with Gasteiger partial charge in [-0.05, 0) is 46.6 Å². The third kappa shape index (κ3) is 5.56. The standard InChI is InChI=1S/C18H30N4O3/c1-5-25-12-17(23)21-8-6-16(7-9-21)18(24)19-14(3)11-22-15(4)10-13(2)20-22/h10,14,16H,5-9,11-12H2,1-4H3,(H,19,24)/t14-/m1/s1. The lowest BCUT2D eigenvalue weighted by Gasteiger charge is -2.32. The van der Waals surface area contributed by atoms with Crippen molar-refractivity contribution in [3.63, 3.8) is 0 Å². The molecule has 1 aromatic rings. The molecule has 0 bridgehead atoms. The van der Waals surface area contributed by atoms with Crippen LogP contribution in [0, 0.1) is 19.8 Å². The lowest BCUT2D eigenvalue weighted by Crippen LogP contribution is -2.46. The summed E-state index contributed by atoms with van der Waals surface area (Å²) in [4.78, 5) is 26.2. The van der Waals surface area contributed by atoms with Gasteiger partial charge >= 0.3 is 0 Å². The fourth-order valence-corrected chi connectivity index (χ4v) is 3.20. The van der Waals surface area contributed by atoms with E-state index in [0.29, 0.717) is 39.1 Å². The first-order valence-electron chi connectivity index (χ1n) is 9.07. The normalized spacial score (nSPS) is 16.7. The molecule has 7 nitrogen and oxygen atoms in total. The highest BCUT2D eigenvalue weighted by molar-refractivity contribution is 5.80. The molecule has 1 aromatic heterocycles. The monoisotopic (exact) mass is 350 g/mol. The molecule has 1 fully saturated rings. The van der Waals surface area contributed by atoms with E-state index < -0.39 is 0 Å². The van der Waals surface area contributed by atoms with E-state index >= 15 is 0 Å². The highest BCUT2D eigenvalue weighted by Gasteiger charge is 2.27. The van der Waals surface area contributed by atoms with Gasteiger partial charge in [0, 0.05) is 37.4 Å². The molecule has 2 rings (SSSR count). The molecular formula is C18H30N4O3. The predicted octanol–water partition coefficient (Wildman–Crippen LogP) is 1.28. The van der Waals surface area contributed by atoms with Crippen LogP contribution in [-0.2, 0) is 20.9 Å². The zero-order valence-corrected chi connectivity index (χ0v) is 15.7. The van der Waals surface area contributed by atoms with Crippen LogP contribution < -0.4 is 5.32 Å². The van der Waals surface area contributed by atoms with Gasteiger partial charge in [-0.3, -0.25) is 14.3 Å². The van der Waals surface area contributed by atoms with Gasteiger partial charge in [0.25, 0.3) is 0 Å². The largest absolute Gasteiger partial charge is 0.372 e. The topological polar surface area (TPSA) is 76.5 Å². The van der Waals surface area contributed by atoms with Crippen molar-refractivity contribution in [2.75, 3.05) is 26.3 Å². The SMILES string of the molecule is CCOCC(=O)N1CCC(C(=O)N[C@H](C)Cn2nc(C)cc2C)CC1. The fourth-order valence-electron chi connectivity index (χ4n) is 3.20. The van der Waals surface area contributed by atoms with Gasteiger partial charge in [0.15, 0.2) is 0 Å². The lowest BCUT2D eigenvalue weighted by molar-refractivity contribution is -0.139. The number of ether oxygens (including phenoxy) is 1. The number of nitrogens with one attached hydrogen (secondary N) is 1. The van der Waals surface area contributed by atoms with Crippen LogP contribution in [-0.4, -0.2) is 58.8 Å². The maximum atomic E-state index is 12.5. The Morgan fingerprint density at radius 1 is 1.36 bits per heavy atom. The molecule has 1 aliphatic heterocycles. The zero-order valence-electron chi connectivity index (χ0n) is 15.7. The Morgan fingerprint density at radius 3 is 2.60 bits per heavy atom. The first-order chi connectivity index (χ1) is 11.9. The van der Waals surface area contributed by atoms with Gasteiger partial charge in [0.05, 0.1) is 12.2 Å². The molecule has 1 atom stereocenters. The summed E-state index contributed by atoms with van der Waals surface area (Å²) in [5.74, 6) is 0.0589. The summed E-state index contributed by atoms with van der Waals surface area (Å²) in [6.07, 6.45) is 1.41. The molecule has 0 aliphatic carbocycles. The summed E-state index contributed by atoms with van der Waals surface area (Å²) in [6.45, 7) is 10.4. The smallest absolute Gasteiger partial charge is 0.248 e. The molecule has 1 saturated heterocycles. The molecular weight excluding hydrogens is 320 g/mol. The highest BCUT2D eigenvalue weighted by Crippen LogP contribution is 2.18. The number of amides is 2. The minimum absolute atomic E-state index is 0.0126. The number of nitrogens with zero attached hydrogens (tertiary/aromatic N) is 3. The van der Waals surface area contributed by atoms with E-state index in [1.54, 1.807) is 4.90 Å². The summed E-state index contributed by atoms with van der Waals surface area (Å²) in [7, 11) is 0. The van der Waals surface area contributed by atoms with Crippen LogP contribution in [0.3, 0.4) is 0 Å². The van der Waals surface area contributed by atoms with Gasteiger partial charge in [-0.25, -0.2) is 0 Å². The highest BCUT2D eigenvalue weighted by atomic mass is 16.5. The van der Waals surface area contributed by atoms with Crippen LogP contribution in [0.2, 0.25) is 0 Å². The third-order valence-electron chi connectivity index (χ3n) is 4.59. The van der Waals surface area contributed by atoms with Gasteiger partial charge in [-0.15, -0.1) is 0 Å². The van der Waals surface area contributed by atoms with E-state index in [9.17, 15) is 9.59 Å². The summed E-state index contributed by atoms with van der Waals surface area (Å²) in [6, 6.07) is 2.05. The number of hydrogen-bond donors (Lipinski definition) is 1. The molecule has 2 amide bonds. The van der Waals surface area contributed by atoms with Crippen molar-refractivity contribution in [2.24, 2.45) is 5.92 Å². The van der Waals surface area contributed by atoms with Crippen molar-refractivity contribution in [2.45, 2.75) is 53.1 Å². The van der Waals surface area contributed by atoms with Crippen LogP contribution in [0.25, 0.3) is 0 Å². The fraction of sp³-hybridized carbons (Fsp3) is 0.722. The second-order valence-electron chi connectivity index (χ2n) is 6.81. The summed E-state index contributed by atoms with van der Waals surface area (Å²) in [5, 5.41) is 7.52. The van der Waals surface area contributed by atoms with Crippen LogP contribution >= 0.6 is 0 Å². The predicted molar refractivity (Wildman–Crippen MR) is 95.1 cm³/mol. The van der Waals surface area contributed by atoms with Gasteiger partial charge < -0.3 is 15.0 Å². The van der Waals surface area contributed by atoms with Crippen LogP contribution in [0.5, 0.6) is 0 Å². The van der Waals surface area contributed by atoms with Crippen LogP contribution in [0.15, 0.2) is 6.07 Å². The second kappa shape index (κ2) is 8.99. The first-order valence-corrected chi connectivity index (χ1v) is 9.07. The molecule has 1 N–H and O–H groups in total. The van der Waals surface area contributed by atoms with Crippen molar-refractivity contribution in [3.05, 3.63) is 17.5 Å². The Kier molecular flexibility index (Phi) is 6.99. The van der Waals surface area contributed by atoms with Crippen molar-refractivity contribution >= 4 is 11.8 Å². The van der Waals surface area contributed by atoms with E-state index in [2.05, 4.69) is 10.4 Å². The number of aryl methyl sites for hydroxylation is 2. The maximum Gasteiger partial charge on any atom is 0.248 e. The molecule has 0 radical (unpaired) electrons. The van der Waals surface area contributed by atoms with Crippen molar-refractivity contribution in [3.8, 4) is 0 Å². The van der Waals surface area contributed by atoms with Gasteiger partial charge in [0.1, 0.15) is 6.61 Å². The van der Waals surface area contributed by atoms with E-state index in [1.807, 2.05) is 38.4 Å². The first kappa shape index (κ1) is 19.4. The Bertz CT molecular complexity index is 591. The molecule has 2 heterocycles. The molecule has 140 valence electrons. The van der Waals surface area contributed by atoms with E-state index in [1.165, 1.54) is 0 Å². The van der Waals surface area contributed by atoms with Gasteiger partial charge in [0.2, 0.25) is 11.8 Å². The molecule has 0 aromatic carbocycles. The zero-order chi connectivity index (χ0) is 18.4. The lowest BCUT2D eigenvalue weighted by atomic mass is 9.95. The van der Waals surface area contributed by atoms with E-state index in [4.69, 9.17) is 4.74 Å². The minimum atomic E-state index is -0.0287. The van der Waals surface area contributed by atoms with Crippen molar-refractivity contribution in [1.29, 1.82) is 0 Å². The van der Waals surface area contributed by atoms with Crippen LogP contribution in [0.1, 0.15) is 38.1 Å². The molecule has 0 unspecified atom stereocenters. The van der Waals surface area contributed by atoms with Gasteiger partial charge in [-0.1, -0.05) is 0 Å². The Morgan fingerprint density at radius 2 is 2.04 bits per heavy atom. The second-order valence-corrected chi connectivity index (χ2v) is 6.81. The number of likely N-dealkylation sites (tertiary alicyclic amines) is 1. The molecule has 7 heteroatoms. The average Bonchev–Trinajstić information content (AvgIpc) is 2.89. The quantitative estimate of drug-likeness (QED) is 0.804. The molecule has 0 spiro atoms. The van der Waals surface area contributed by atoms with Crippen molar-refractivity contribution in [1.82, 2.24) is 20.0 Å². The number of aromatic nitrogens is 2. The Balaban J connectivity index is 1.76. The minimum Gasteiger partial charge on any atom is -0.372 e. The Hall–Kier alpha value is -1.89. The molecule has 0 saturated carbocycles.